The van der Waals surface area contributed by atoms with E-state index in [2.05, 4.69) is 39.0 Å². The molecule has 0 aliphatic heterocycles. The van der Waals surface area contributed by atoms with Gasteiger partial charge in [0.1, 0.15) is 5.82 Å². The van der Waals surface area contributed by atoms with E-state index in [4.69, 9.17) is 0 Å². The molecule has 3 rings (SSSR count). The Bertz CT molecular complexity index is 1140. The smallest absolute Gasteiger partial charge is 0.274 e. The third-order valence-electron chi connectivity index (χ3n) is 5.01. The summed E-state index contributed by atoms with van der Waals surface area (Å²) in [6.07, 6.45) is 3.46. The van der Waals surface area contributed by atoms with Crippen LogP contribution in [0.2, 0.25) is 0 Å². The second kappa shape index (κ2) is 10.8. The van der Waals surface area contributed by atoms with Crippen molar-refractivity contribution in [1.82, 2.24) is 29.9 Å². The highest BCUT2D eigenvalue weighted by molar-refractivity contribution is 7.98. The van der Waals surface area contributed by atoms with Crippen molar-refractivity contribution in [2.75, 3.05) is 12.8 Å². The highest BCUT2D eigenvalue weighted by Gasteiger charge is 2.17. The lowest BCUT2D eigenvalue weighted by Crippen LogP contribution is -2.32. The van der Waals surface area contributed by atoms with Gasteiger partial charge in [0.2, 0.25) is 0 Å². The molecule has 32 heavy (non-hydrogen) atoms. The van der Waals surface area contributed by atoms with Crippen LogP contribution in [0.5, 0.6) is 0 Å². The van der Waals surface area contributed by atoms with Gasteiger partial charge < -0.3 is 9.88 Å². The number of aromatic nitrogens is 5. The van der Waals surface area contributed by atoms with Crippen molar-refractivity contribution in [1.29, 1.82) is 0 Å². The van der Waals surface area contributed by atoms with E-state index in [9.17, 15) is 9.59 Å². The number of nitrogens with zero attached hydrogens (tertiary/aromatic N) is 5. The maximum Gasteiger partial charge on any atom is 0.274 e. The average molecular weight is 457 g/mol. The molecule has 9 heteroatoms. The molecule has 1 N–H and O–H groups in total. The van der Waals surface area contributed by atoms with E-state index in [1.165, 1.54) is 4.68 Å². The Morgan fingerprint density at radius 3 is 2.41 bits per heavy atom. The van der Waals surface area contributed by atoms with E-state index in [-0.39, 0.29) is 23.1 Å². The molecular weight excluding hydrogens is 424 g/mol. The number of hydrogen-bond donors (Lipinski definition) is 1. The molecule has 0 saturated carbocycles. The molecule has 3 aromatic rings. The summed E-state index contributed by atoms with van der Waals surface area (Å²) < 4.78 is 3.56. The summed E-state index contributed by atoms with van der Waals surface area (Å²) in [5, 5.41) is 18.0. The summed E-state index contributed by atoms with van der Waals surface area (Å²) in [4.78, 5) is 25.7. The monoisotopic (exact) mass is 456 g/mol. The predicted octanol–water partition coefficient (Wildman–Crippen LogP) is 3.38. The van der Waals surface area contributed by atoms with E-state index >= 15 is 0 Å². The van der Waals surface area contributed by atoms with Gasteiger partial charge in [0, 0.05) is 31.4 Å². The van der Waals surface area contributed by atoms with Crippen LogP contribution in [0.3, 0.4) is 0 Å². The van der Waals surface area contributed by atoms with Crippen molar-refractivity contribution in [2.24, 2.45) is 11.8 Å². The molecular formula is C23H32N6O2S. The molecule has 0 bridgehead atoms. The van der Waals surface area contributed by atoms with Gasteiger partial charge in [0.25, 0.3) is 11.5 Å². The molecule has 0 spiro atoms. The lowest BCUT2D eigenvalue weighted by Gasteiger charge is -2.13. The van der Waals surface area contributed by atoms with Crippen molar-refractivity contribution in [3.8, 4) is 0 Å². The van der Waals surface area contributed by atoms with E-state index in [1.807, 2.05) is 26.2 Å². The Hall–Kier alpha value is -2.68. The van der Waals surface area contributed by atoms with E-state index in [0.29, 0.717) is 29.8 Å². The summed E-state index contributed by atoms with van der Waals surface area (Å²) >= 11 is 1.59. The Morgan fingerprint density at radius 2 is 1.75 bits per heavy atom. The zero-order valence-electron chi connectivity index (χ0n) is 19.5. The maximum absolute atomic E-state index is 13.0. The number of fused-ring (bicyclic) bond motifs is 1. The number of benzene rings is 1. The number of amides is 1. The van der Waals surface area contributed by atoms with Crippen LogP contribution in [0, 0.1) is 11.8 Å². The Kier molecular flexibility index (Phi) is 8.06. The minimum Gasteiger partial charge on any atom is -0.351 e. The SMILES string of the molecule is CSc1nnc(CCCNC(=O)c2nn(CC(C)C)c(=O)c3ccccc23)n1CC(C)C. The third kappa shape index (κ3) is 5.56. The molecule has 0 saturated heterocycles. The van der Waals surface area contributed by atoms with Gasteiger partial charge in [-0.3, -0.25) is 9.59 Å². The number of thioether (sulfide) groups is 1. The molecule has 0 atom stereocenters. The summed E-state index contributed by atoms with van der Waals surface area (Å²) in [5.74, 6) is 1.40. The molecule has 0 unspecified atom stereocenters. The highest BCUT2D eigenvalue weighted by Crippen LogP contribution is 2.17. The normalized spacial score (nSPS) is 11.6. The molecule has 0 aliphatic carbocycles. The first-order valence-corrected chi connectivity index (χ1v) is 12.3. The summed E-state index contributed by atoms with van der Waals surface area (Å²) in [6, 6.07) is 7.15. The average Bonchev–Trinajstić information content (AvgIpc) is 3.13. The standard InChI is InChI=1S/C23H32N6O2S/c1-15(2)13-28-19(25-26-23(28)32-5)11-8-12-24-21(30)20-17-9-6-7-10-18(17)22(31)29(27-20)14-16(3)4/h6-7,9-10,15-16H,8,11-14H2,1-5H3,(H,24,30). The van der Waals surface area contributed by atoms with E-state index < -0.39 is 0 Å². The van der Waals surface area contributed by atoms with Crippen molar-refractivity contribution in [3.05, 3.63) is 46.1 Å². The first-order chi connectivity index (χ1) is 15.3. The minimum absolute atomic E-state index is 0.167. The van der Waals surface area contributed by atoms with Gasteiger partial charge in [-0.05, 0) is 30.6 Å². The number of hydrogen-bond acceptors (Lipinski definition) is 6. The van der Waals surface area contributed by atoms with Gasteiger partial charge >= 0.3 is 0 Å². The van der Waals surface area contributed by atoms with Gasteiger partial charge in [-0.1, -0.05) is 57.7 Å². The van der Waals surface area contributed by atoms with E-state index in [0.717, 1.165) is 30.4 Å². The van der Waals surface area contributed by atoms with Crippen LogP contribution < -0.4 is 10.9 Å². The summed E-state index contributed by atoms with van der Waals surface area (Å²) in [6.45, 7) is 10.2. The molecule has 8 nitrogen and oxygen atoms in total. The Morgan fingerprint density at radius 1 is 1.06 bits per heavy atom. The van der Waals surface area contributed by atoms with Gasteiger partial charge in [-0.25, -0.2) is 4.68 Å². The second-order valence-corrected chi connectivity index (χ2v) is 9.52. The Labute approximate surface area is 192 Å². The van der Waals surface area contributed by atoms with Gasteiger partial charge in [-0.15, -0.1) is 10.2 Å². The minimum atomic E-state index is -0.271. The fraction of sp³-hybridized carbons (Fsp3) is 0.522. The lowest BCUT2D eigenvalue weighted by atomic mass is 10.1. The van der Waals surface area contributed by atoms with Crippen molar-refractivity contribution < 1.29 is 4.79 Å². The van der Waals surface area contributed by atoms with Gasteiger partial charge in [0.15, 0.2) is 10.9 Å². The number of nitrogens with one attached hydrogen (secondary N) is 1. The molecule has 0 radical (unpaired) electrons. The maximum atomic E-state index is 13.0. The zero-order chi connectivity index (χ0) is 23.3. The van der Waals surface area contributed by atoms with Crippen LogP contribution in [0.4, 0.5) is 0 Å². The molecule has 1 amide bonds. The number of rotatable bonds is 10. The quantitative estimate of drug-likeness (QED) is 0.371. The van der Waals surface area contributed by atoms with Crippen molar-refractivity contribution in [2.45, 2.75) is 58.8 Å². The van der Waals surface area contributed by atoms with Gasteiger partial charge in [-0.2, -0.15) is 5.10 Å². The molecule has 1 aromatic carbocycles. The van der Waals surface area contributed by atoms with Crippen LogP contribution in [-0.4, -0.2) is 43.3 Å². The summed E-state index contributed by atoms with van der Waals surface area (Å²) in [5.41, 5.74) is 0.119. The first kappa shape index (κ1) is 24.0. The van der Waals surface area contributed by atoms with Crippen LogP contribution in [0.15, 0.2) is 34.2 Å². The molecule has 0 aliphatic rings. The Balaban J connectivity index is 1.71. The van der Waals surface area contributed by atoms with Crippen LogP contribution in [0.25, 0.3) is 10.8 Å². The van der Waals surface area contributed by atoms with E-state index in [1.54, 1.807) is 30.0 Å². The number of carbonyl (C=O) groups is 1. The topological polar surface area (TPSA) is 94.7 Å². The number of aryl methyl sites for hydroxylation is 1. The third-order valence-corrected chi connectivity index (χ3v) is 5.67. The molecule has 172 valence electrons. The predicted molar refractivity (Wildman–Crippen MR) is 128 cm³/mol. The summed E-state index contributed by atoms with van der Waals surface area (Å²) in [7, 11) is 0. The van der Waals surface area contributed by atoms with Gasteiger partial charge in [0.05, 0.1) is 5.39 Å². The zero-order valence-corrected chi connectivity index (χ0v) is 20.3. The molecule has 0 fully saturated rings. The molecule has 2 heterocycles. The highest BCUT2D eigenvalue weighted by atomic mass is 32.2. The lowest BCUT2D eigenvalue weighted by molar-refractivity contribution is 0.0947. The second-order valence-electron chi connectivity index (χ2n) is 8.74. The van der Waals surface area contributed by atoms with Crippen molar-refractivity contribution in [3.63, 3.8) is 0 Å². The fourth-order valence-corrected chi connectivity index (χ4v) is 4.13. The van der Waals surface area contributed by atoms with Crippen LogP contribution >= 0.6 is 11.8 Å². The first-order valence-electron chi connectivity index (χ1n) is 11.1. The van der Waals surface area contributed by atoms with Crippen LogP contribution in [-0.2, 0) is 19.5 Å². The molecule has 2 aromatic heterocycles. The van der Waals surface area contributed by atoms with Crippen LogP contribution in [0.1, 0.15) is 50.4 Å². The van der Waals surface area contributed by atoms with Crippen molar-refractivity contribution >= 4 is 28.4 Å². The fourth-order valence-electron chi connectivity index (χ4n) is 3.61. The largest absolute Gasteiger partial charge is 0.351 e. The number of carbonyl (C=O) groups excluding carboxylic acids is 1.